The van der Waals surface area contributed by atoms with E-state index in [4.69, 9.17) is 11.6 Å². The number of benzene rings is 2. The van der Waals surface area contributed by atoms with Gasteiger partial charge in [0.2, 0.25) is 11.8 Å². The lowest BCUT2D eigenvalue weighted by Gasteiger charge is -2.18. The van der Waals surface area contributed by atoms with E-state index in [-0.39, 0.29) is 17.7 Å². The summed E-state index contributed by atoms with van der Waals surface area (Å²) in [6.45, 7) is 1.34. The predicted molar refractivity (Wildman–Crippen MR) is 109 cm³/mol. The Hall–Kier alpha value is -2.86. The van der Waals surface area contributed by atoms with Gasteiger partial charge in [0.25, 0.3) is 5.91 Å². The third-order valence-corrected chi connectivity index (χ3v) is 5.40. The van der Waals surface area contributed by atoms with Crippen molar-refractivity contribution in [1.29, 1.82) is 0 Å². The average molecular weight is 398 g/mol. The molecule has 6 nitrogen and oxygen atoms in total. The third kappa shape index (κ3) is 3.60. The highest BCUT2D eigenvalue weighted by Crippen LogP contribution is 2.31. The van der Waals surface area contributed by atoms with Gasteiger partial charge in [-0.25, -0.2) is 0 Å². The maximum absolute atomic E-state index is 12.6. The molecule has 0 saturated carbocycles. The van der Waals surface area contributed by atoms with Gasteiger partial charge in [0, 0.05) is 42.9 Å². The van der Waals surface area contributed by atoms with Crippen LogP contribution in [0.2, 0.25) is 5.02 Å². The fourth-order valence-electron chi connectivity index (χ4n) is 3.61. The number of carbonyl (C=O) groups is 3. The topological polar surface area (TPSA) is 69.7 Å². The fraction of sp³-hybridized carbons (Fsp3) is 0.286. The first-order valence-corrected chi connectivity index (χ1v) is 9.72. The maximum atomic E-state index is 12.6. The Kier molecular flexibility index (Phi) is 5.05. The van der Waals surface area contributed by atoms with E-state index in [9.17, 15) is 14.4 Å². The number of nitrogens with one attached hydrogen (secondary N) is 1. The number of hydrogen-bond acceptors (Lipinski definition) is 3. The highest BCUT2D eigenvalue weighted by Gasteiger charge is 2.25. The Morgan fingerprint density at radius 2 is 1.54 bits per heavy atom. The Bertz CT molecular complexity index is 942. The molecule has 2 saturated heterocycles. The molecule has 0 atom stereocenters. The highest BCUT2D eigenvalue weighted by molar-refractivity contribution is 6.34. The number of halogens is 1. The normalized spacial score (nSPS) is 16.8. The quantitative estimate of drug-likeness (QED) is 0.851. The van der Waals surface area contributed by atoms with Crippen LogP contribution < -0.4 is 15.1 Å². The second kappa shape index (κ2) is 7.64. The fourth-order valence-corrected chi connectivity index (χ4v) is 3.83. The zero-order chi connectivity index (χ0) is 19.7. The zero-order valence-electron chi connectivity index (χ0n) is 15.3. The molecule has 2 aromatic carbocycles. The molecule has 2 fully saturated rings. The minimum Gasteiger partial charge on any atom is -0.322 e. The van der Waals surface area contributed by atoms with Gasteiger partial charge in [0.05, 0.1) is 10.7 Å². The minimum atomic E-state index is -0.283. The van der Waals surface area contributed by atoms with Crippen molar-refractivity contribution >= 4 is 46.4 Å². The Morgan fingerprint density at radius 1 is 0.893 bits per heavy atom. The summed E-state index contributed by atoms with van der Waals surface area (Å²) in [6.07, 6.45) is 2.74. The number of amides is 3. The molecular formula is C21H20ClN3O3. The summed E-state index contributed by atoms with van der Waals surface area (Å²) in [5.41, 5.74) is 2.47. The van der Waals surface area contributed by atoms with Crippen LogP contribution in [0.25, 0.3) is 0 Å². The summed E-state index contributed by atoms with van der Waals surface area (Å²) in [5, 5.41) is 3.30. The van der Waals surface area contributed by atoms with Crippen molar-refractivity contribution in [3.63, 3.8) is 0 Å². The van der Waals surface area contributed by atoms with Crippen LogP contribution in [0.1, 0.15) is 36.0 Å². The van der Waals surface area contributed by atoms with Crippen molar-refractivity contribution in [2.75, 3.05) is 28.2 Å². The minimum absolute atomic E-state index is 0.0199. The maximum Gasteiger partial charge on any atom is 0.255 e. The molecule has 2 aliphatic heterocycles. The van der Waals surface area contributed by atoms with Crippen LogP contribution in [0.4, 0.5) is 17.1 Å². The molecular weight excluding hydrogens is 378 g/mol. The van der Waals surface area contributed by atoms with Crippen molar-refractivity contribution in [1.82, 2.24) is 0 Å². The number of carbonyl (C=O) groups excluding carboxylic acids is 3. The molecule has 4 rings (SSSR count). The van der Waals surface area contributed by atoms with Crippen molar-refractivity contribution in [3.05, 3.63) is 53.1 Å². The molecule has 3 amide bonds. The van der Waals surface area contributed by atoms with Gasteiger partial charge in [-0.2, -0.15) is 0 Å². The SMILES string of the molecule is O=C(Nc1ccc(N2CCCC2=O)cc1)c1ccc(Cl)c(N2CCCC2=O)c1. The lowest BCUT2D eigenvalue weighted by Crippen LogP contribution is -2.24. The van der Waals surface area contributed by atoms with Gasteiger partial charge in [-0.3, -0.25) is 14.4 Å². The van der Waals surface area contributed by atoms with E-state index in [1.807, 2.05) is 12.1 Å². The summed E-state index contributed by atoms with van der Waals surface area (Å²) >= 11 is 6.24. The number of hydrogen-bond donors (Lipinski definition) is 1. The third-order valence-electron chi connectivity index (χ3n) is 5.08. The molecule has 2 heterocycles. The Balaban J connectivity index is 1.49. The van der Waals surface area contributed by atoms with E-state index in [2.05, 4.69) is 5.32 Å². The van der Waals surface area contributed by atoms with Crippen molar-refractivity contribution in [2.24, 2.45) is 0 Å². The van der Waals surface area contributed by atoms with E-state index in [1.54, 1.807) is 40.1 Å². The van der Waals surface area contributed by atoms with Crippen molar-refractivity contribution in [3.8, 4) is 0 Å². The lowest BCUT2D eigenvalue weighted by molar-refractivity contribution is -0.117. The van der Waals surface area contributed by atoms with Crippen LogP contribution in [0.5, 0.6) is 0 Å². The first-order chi connectivity index (χ1) is 13.5. The summed E-state index contributed by atoms with van der Waals surface area (Å²) in [6, 6.07) is 12.1. The first-order valence-electron chi connectivity index (χ1n) is 9.34. The van der Waals surface area contributed by atoms with Crippen LogP contribution in [0.3, 0.4) is 0 Å². The van der Waals surface area contributed by atoms with E-state index in [1.165, 1.54) is 0 Å². The predicted octanol–water partition coefficient (Wildman–Crippen LogP) is 3.85. The molecule has 144 valence electrons. The molecule has 0 spiro atoms. The Labute approximate surface area is 168 Å². The van der Waals surface area contributed by atoms with E-state index >= 15 is 0 Å². The van der Waals surface area contributed by atoms with E-state index in [0.717, 1.165) is 25.1 Å². The van der Waals surface area contributed by atoms with Crippen LogP contribution in [0.15, 0.2) is 42.5 Å². The number of anilines is 3. The van der Waals surface area contributed by atoms with Gasteiger partial charge in [-0.15, -0.1) is 0 Å². The summed E-state index contributed by atoms with van der Waals surface area (Å²) in [4.78, 5) is 39.9. The average Bonchev–Trinajstić information content (AvgIpc) is 3.31. The molecule has 0 aromatic heterocycles. The summed E-state index contributed by atoms with van der Waals surface area (Å²) in [7, 11) is 0. The molecule has 28 heavy (non-hydrogen) atoms. The first kappa shape index (κ1) is 18.5. The van der Waals surface area contributed by atoms with Gasteiger partial charge >= 0.3 is 0 Å². The number of rotatable bonds is 4. The summed E-state index contributed by atoms with van der Waals surface area (Å²) in [5.74, 6) is -0.136. The molecule has 2 aromatic rings. The standard InChI is InChI=1S/C21H20ClN3O3/c22-17-10-5-14(13-18(17)25-12-2-4-20(25)27)21(28)23-15-6-8-16(9-7-15)24-11-1-3-19(24)26/h5-10,13H,1-4,11-12H2,(H,23,28). The second-order valence-corrected chi connectivity index (χ2v) is 7.37. The van der Waals surface area contributed by atoms with Gasteiger partial charge in [0.15, 0.2) is 0 Å². The second-order valence-electron chi connectivity index (χ2n) is 6.97. The summed E-state index contributed by atoms with van der Waals surface area (Å²) < 4.78 is 0. The molecule has 7 heteroatoms. The molecule has 0 bridgehead atoms. The van der Waals surface area contributed by atoms with Crippen LogP contribution in [-0.2, 0) is 9.59 Å². The van der Waals surface area contributed by atoms with Gasteiger partial charge in [-0.1, -0.05) is 11.6 Å². The zero-order valence-corrected chi connectivity index (χ0v) is 16.0. The van der Waals surface area contributed by atoms with E-state index in [0.29, 0.717) is 41.3 Å². The molecule has 0 radical (unpaired) electrons. The molecule has 1 N–H and O–H groups in total. The van der Waals surface area contributed by atoms with E-state index < -0.39 is 0 Å². The Morgan fingerprint density at radius 3 is 2.14 bits per heavy atom. The molecule has 0 aliphatic carbocycles. The molecule has 2 aliphatic rings. The lowest BCUT2D eigenvalue weighted by atomic mass is 10.1. The van der Waals surface area contributed by atoms with Gasteiger partial charge in [0.1, 0.15) is 0 Å². The van der Waals surface area contributed by atoms with Crippen LogP contribution >= 0.6 is 11.6 Å². The van der Waals surface area contributed by atoms with Crippen LogP contribution in [0, 0.1) is 0 Å². The van der Waals surface area contributed by atoms with Crippen molar-refractivity contribution in [2.45, 2.75) is 25.7 Å². The van der Waals surface area contributed by atoms with Crippen molar-refractivity contribution < 1.29 is 14.4 Å². The van der Waals surface area contributed by atoms with Gasteiger partial charge < -0.3 is 15.1 Å². The highest BCUT2D eigenvalue weighted by atomic mass is 35.5. The largest absolute Gasteiger partial charge is 0.322 e. The monoisotopic (exact) mass is 397 g/mol. The number of nitrogens with zero attached hydrogens (tertiary/aromatic N) is 2. The van der Waals surface area contributed by atoms with Crippen LogP contribution in [-0.4, -0.2) is 30.8 Å². The van der Waals surface area contributed by atoms with Gasteiger partial charge in [-0.05, 0) is 55.3 Å². The smallest absolute Gasteiger partial charge is 0.255 e. The molecule has 0 unspecified atom stereocenters.